The van der Waals surface area contributed by atoms with Gasteiger partial charge in [0, 0.05) is 13.2 Å². The van der Waals surface area contributed by atoms with Crippen molar-refractivity contribution in [2.75, 3.05) is 19.8 Å². The summed E-state index contributed by atoms with van der Waals surface area (Å²) in [5, 5.41) is 24.6. The number of halogens is 3. The van der Waals surface area contributed by atoms with E-state index in [2.05, 4.69) is 5.32 Å². The van der Waals surface area contributed by atoms with Crippen molar-refractivity contribution in [1.29, 1.82) is 0 Å². The number of benzene rings is 1. The Bertz CT molecular complexity index is 842. The zero-order valence-corrected chi connectivity index (χ0v) is 18.9. The first-order valence-corrected chi connectivity index (χ1v) is 11.1. The molecule has 4 N–H and O–H groups in total. The summed E-state index contributed by atoms with van der Waals surface area (Å²) in [5.74, 6) is -3.25. The number of ether oxygens (including phenoxy) is 4. The van der Waals surface area contributed by atoms with E-state index in [0.717, 1.165) is 5.56 Å². The Balaban J connectivity index is 1.67. The van der Waals surface area contributed by atoms with Crippen molar-refractivity contribution in [3.8, 4) is 0 Å². The second kappa shape index (κ2) is 12.1. The fraction of sp³-hybridized carbons (Fsp3) is 0.636. The SMILES string of the molecule is CC(OCc1ccccc1)[C@H](NC(=O)C(F)(F)F)C(=O)NCC1OC2OCCCOC1C(O)C2O. The van der Waals surface area contributed by atoms with E-state index in [1.165, 1.54) is 6.92 Å². The smallest absolute Gasteiger partial charge is 0.387 e. The first-order valence-electron chi connectivity index (χ1n) is 11.1. The van der Waals surface area contributed by atoms with Gasteiger partial charge in [0.2, 0.25) is 5.91 Å². The maximum absolute atomic E-state index is 12.9. The van der Waals surface area contributed by atoms with Gasteiger partial charge in [-0.25, -0.2) is 0 Å². The summed E-state index contributed by atoms with van der Waals surface area (Å²) in [5.41, 5.74) is 0.723. The van der Waals surface area contributed by atoms with Crippen LogP contribution in [0.3, 0.4) is 0 Å². The highest BCUT2D eigenvalue weighted by Gasteiger charge is 2.47. The molecule has 1 aromatic rings. The Morgan fingerprint density at radius 3 is 2.51 bits per heavy atom. The van der Waals surface area contributed by atoms with Gasteiger partial charge in [0.1, 0.15) is 30.5 Å². The molecule has 10 nitrogen and oxygen atoms in total. The number of carbonyl (C=O) groups is 2. The van der Waals surface area contributed by atoms with Gasteiger partial charge in [0.25, 0.3) is 0 Å². The minimum absolute atomic E-state index is 0.00156. The molecule has 6 unspecified atom stereocenters. The second-order valence-corrected chi connectivity index (χ2v) is 8.28. The summed E-state index contributed by atoms with van der Waals surface area (Å²) >= 11 is 0. The summed E-state index contributed by atoms with van der Waals surface area (Å²) in [6.07, 6.45) is -11.8. The van der Waals surface area contributed by atoms with Crippen LogP contribution in [-0.2, 0) is 35.1 Å². The van der Waals surface area contributed by atoms with Crippen molar-refractivity contribution >= 4 is 11.8 Å². The van der Waals surface area contributed by atoms with Crippen molar-refractivity contribution in [1.82, 2.24) is 10.6 Å². The lowest BCUT2D eigenvalue weighted by Crippen LogP contribution is -2.62. The molecule has 3 saturated heterocycles. The third-order valence-corrected chi connectivity index (χ3v) is 5.65. The number of aliphatic hydroxyl groups is 2. The molecule has 2 amide bonds. The van der Waals surface area contributed by atoms with Gasteiger partial charge in [-0.3, -0.25) is 9.59 Å². The topological polar surface area (TPSA) is 136 Å². The zero-order chi connectivity index (χ0) is 25.6. The van der Waals surface area contributed by atoms with E-state index in [1.54, 1.807) is 35.6 Å². The third-order valence-electron chi connectivity index (χ3n) is 5.65. The fourth-order valence-electron chi connectivity index (χ4n) is 3.72. The minimum Gasteiger partial charge on any atom is -0.387 e. The summed E-state index contributed by atoms with van der Waals surface area (Å²) in [6.45, 7) is 1.47. The molecule has 3 fully saturated rings. The van der Waals surface area contributed by atoms with Crippen LogP contribution in [0.25, 0.3) is 0 Å². The van der Waals surface area contributed by atoms with Gasteiger partial charge < -0.3 is 39.8 Å². The molecular formula is C22H29F3N2O8. The van der Waals surface area contributed by atoms with Gasteiger partial charge in [-0.1, -0.05) is 30.3 Å². The van der Waals surface area contributed by atoms with Gasteiger partial charge in [0.05, 0.1) is 19.3 Å². The van der Waals surface area contributed by atoms with Gasteiger partial charge in [0.15, 0.2) is 6.29 Å². The Kier molecular flexibility index (Phi) is 9.44. The molecule has 13 heteroatoms. The summed E-state index contributed by atoms with van der Waals surface area (Å²) in [4.78, 5) is 24.4. The number of amides is 2. The number of aliphatic hydroxyl groups excluding tert-OH is 2. The molecule has 3 heterocycles. The molecule has 3 aliphatic rings. The van der Waals surface area contributed by atoms with Gasteiger partial charge >= 0.3 is 12.1 Å². The lowest BCUT2D eigenvalue weighted by molar-refractivity contribution is -0.292. The standard InChI is InChI=1S/C22H29F3N2O8/c1-12(34-11-13-6-3-2-4-7-13)15(27-21(31)22(23,24)25)19(30)26-10-14-18-16(28)17(29)20(35-14)33-9-5-8-32-18/h2-4,6-7,12,14-18,20,28-29H,5,8-11H2,1H3,(H,26,30)(H,27,31)/t12?,14?,15-,16?,17?,18?,20?/m0/s1. The number of carbonyl (C=O) groups excluding carboxylic acids is 2. The zero-order valence-electron chi connectivity index (χ0n) is 18.9. The molecule has 35 heavy (non-hydrogen) atoms. The Morgan fingerprint density at radius 1 is 1.14 bits per heavy atom. The molecule has 0 aromatic heterocycles. The molecule has 0 spiro atoms. The van der Waals surface area contributed by atoms with E-state index in [4.69, 9.17) is 18.9 Å². The van der Waals surface area contributed by atoms with E-state index in [1.807, 2.05) is 0 Å². The Hall–Kier alpha value is -2.29. The van der Waals surface area contributed by atoms with Crippen LogP contribution in [0.4, 0.5) is 13.2 Å². The molecule has 2 bridgehead atoms. The van der Waals surface area contributed by atoms with E-state index >= 15 is 0 Å². The monoisotopic (exact) mass is 506 g/mol. The molecule has 0 saturated carbocycles. The normalized spacial score (nSPS) is 28.8. The van der Waals surface area contributed by atoms with Crippen LogP contribution in [0.15, 0.2) is 30.3 Å². The largest absolute Gasteiger partial charge is 0.471 e. The molecule has 0 aliphatic carbocycles. The lowest BCUT2D eigenvalue weighted by atomic mass is 9.98. The molecule has 3 aliphatic heterocycles. The van der Waals surface area contributed by atoms with E-state index in [9.17, 15) is 33.0 Å². The predicted octanol–water partition coefficient (Wildman–Crippen LogP) is 0.00720. The number of nitrogens with one attached hydrogen (secondary N) is 2. The molecule has 196 valence electrons. The maximum atomic E-state index is 12.9. The van der Waals surface area contributed by atoms with Crippen LogP contribution >= 0.6 is 0 Å². The molecule has 4 rings (SSSR count). The van der Waals surface area contributed by atoms with Crippen LogP contribution in [0.1, 0.15) is 18.9 Å². The molecular weight excluding hydrogens is 477 g/mol. The van der Waals surface area contributed by atoms with Gasteiger partial charge in [-0.2, -0.15) is 13.2 Å². The first kappa shape index (κ1) is 27.3. The van der Waals surface area contributed by atoms with Crippen LogP contribution in [0.5, 0.6) is 0 Å². The number of fused-ring (bicyclic) bond motifs is 6. The molecule has 7 atom stereocenters. The summed E-state index contributed by atoms with van der Waals surface area (Å²) < 4.78 is 60.8. The van der Waals surface area contributed by atoms with Crippen molar-refractivity contribution in [3.63, 3.8) is 0 Å². The fourth-order valence-corrected chi connectivity index (χ4v) is 3.72. The van der Waals surface area contributed by atoms with E-state index < -0.39 is 60.8 Å². The Labute approximate surface area is 199 Å². The summed E-state index contributed by atoms with van der Waals surface area (Å²) in [7, 11) is 0. The minimum atomic E-state index is -5.21. The molecule has 0 radical (unpaired) electrons. The van der Waals surface area contributed by atoms with Crippen LogP contribution in [0.2, 0.25) is 0 Å². The maximum Gasteiger partial charge on any atom is 0.471 e. The first-order chi connectivity index (χ1) is 16.6. The van der Waals surface area contributed by atoms with E-state index in [-0.39, 0.29) is 26.4 Å². The van der Waals surface area contributed by atoms with Crippen molar-refractivity contribution < 1.29 is 51.9 Å². The predicted molar refractivity (Wildman–Crippen MR) is 113 cm³/mol. The van der Waals surface area contributed by atoms with Crippen molar-refractivity contribution in [3.05, 3.63) is 35.9 Å². The number of alkyl halides is 3. The highest BCUT2D eigenvalue weighted by atomic mass is 19.4. The average Bonchev–Trinajstić information content (AvgIpc) is 2.97. The van der Waals surface area contributed by atoms with E-state index in [0.29, 0.717) is 6.42 Å². The van der Waals surface area contributed by atoms with Crippen LogP contribution in [0, 0.1) is 0 Å². The number of hydrogen-bond donors (Lipinski definition) is 4. The quantitative estimate of drug-likeness (QED) is 0.387. The second-order valence-electron chi connectivity index (χ2n) is 8.28. The van der Waals surface area contributed by atoms with Crippen LogP contribution < -0.4 is 10.6 Å². The van der Waals surface area contributed by atoms with Crippen molar-refractivity contribution in [2.24, 2.45) is 0 Å². The third kappa shape index (κ3) is 7.35. The lowest BCUT2D eigenvalue weighted by Gasteiger charge is -2.41. The van der Waals surface area contributed by atoms with Gasteiger partial charge in [-0.05, 0) is 18.9 Å². The van der Waals surface area contributed by atoms with Crippen LogP contribution in [-0.4, -0.2) is 90.8 Å². The number of hydrogen-bond acceptors (Lipinski definition) is 8. The number of rotatable bonds is 8. The highest BCUT2D eigenvalue weighted by Crippen LogP contribution is 2.26. The summed E-state index contributed by atoms with van der Waals surface area (Å²) in [6, 6.07) is 7.07. The highest BCUT2D eigenvalue weighted by molar-refractivity contribution is 5.90. The molecule has 1 aromatic carbocycles. The van der Waals surface area contributed by atoms with Gasteiger partial charge in [-0.15, -0.1) is 0 Å². The Morgan fingerprint density at radius 2 is 1.83 bits per heavy atom. The average molecular weight is 506 g/mol. The van der Waals surface area contributed by atoms with Crippen molar-refractivity contribution in [2.45, 2.75) is 69.0 Å².